The smallest absolute Gasteiger partial charge is 0.345 e. The van der Waals surface area contributed by atoms with Gasteiger partial charge in [-0.15, -0.1) is 0 Å². The van der Waals surface area contributed by atoms with Crippen LogP contribution in [0.1, 0.15) is 44.1 Å². The van der Waals surface area contributed by atoms with Gasteiger partial charge in [-0.1, -0.05) is 36.8 Å². The molecular weight excluding hydrogens is 374 g/mol. The number of aliphatic carboxylic acids is 1. The second-order valence-electron chi connectivity index (χ2n) is 7.37. The van der Waals surface area contributed by atoms with Crippen LogP contribution in [0, 0.1) is 0 Å². The zero-order chi connectivity index (χ0) is 21.2. The first-order chi connectivity index (χ1) is 13.9. The first kappa shape index (κ1) is 22.8. The lowest BCUT2D eigenvalue weighted by Crippen LogP contribution is -2.49. The van der Waals surface area contributed by atoms with Crippen molar-refractivity contribution in [1.29, 1.82) is 0 Å². The monoisotopic (exact) mass is 405 g/mol. The number of likely N-dealkylation sites (tertiary alicyclic amines) is 1. The summed E-state index contributed by atoms with van der Waals surface area (Å²) < 4.78 is 5.29. The quantitative estimate of drug-likeness (QED) is 0.370. The van der Waals surface area contributed by atoms with Gasteiger partial charge in [-0.2, -0.15) is 0 Å². The third-order valence-electron chi connectivity index (χ3n) is 5.17. The van der Waals surface area contributed by atoms with Crippen molar-refractivity contribution < 1.29 is 24.2 Å². The predicted molar refractivity (Wildman–Crippen MR) is 108 cm³/mol. The van der Waals surface area contributed by atoms with E-state index in [1.165, 1.54) is 4.90 Å². The zero-order valence-electron chi connectivity index (χ0n) is 16.7. The van der Waals surface area contributed by atoms with Gasteiger partial charge in [0, 0.05) is 6.54 Å². The van der Waals surface area contributed by atoms with Gasteiger partial charge in [0.05, 0.1) is 6.04 Å². The zero-order valence-corrected chi connectivity index (χ0v) is 16.7. The average Bonchev–Trinajstić information content (AvgIpc) is 3.21. The lowest BCUT2D eigenvalue weighted by molar-refractivity contribution is -0.168. The molecule has 8 nitrogen and oxygen atoms in total. The Morgan fingerprint density at radius 1 is 1.17 bits per heavy atom. The SMILES string of the molecule is NCCCCC(N)C(=O)N1CCC[C@H]1C(=O)O[C@@H](CCc1ccccc1)C(=O)O. The van der Waals surface area contributed by atoms with E-state index in [1.54, 1.807) is 0 Å². The Morgan fingerprint density at radius 3 is 2.55 bits per heavy atom. The average molecular weight is 405 g/mol. The summed E-state index contributed by atoms with van der Waals surface area (Å²) in [4.78, 5) is 38.3. The molecule has 1 aliphatic heterocycles. The molecule has 160 valence electrons. The van der Waals surface area contributed by atoms with E-state index in [4.69, 9.17) is 16.2 Å². The van der Waals surface area contributed by atoms with Crippen LogP contribution in [0.5, 0.6) is 0 Å². The van der Waals surface area contributed by atoms with Gasteiger partial charge < -0.3 is 26.2 Å². The number of benzene rings is 1. The molecule has 0 aromatic heterocycles. The van der Waals surface area contributed by atoms with E-state index in [-0.39, 0.29) is 12.3 Å². The molecule has 8 heteroatoms. The third-order valence-corrected chi connectivity index (χ3v) is 5.17. The standard InChI is InChI=1S/C21H31N3O5/c22-13-5-4-9-16(23)19(25)24-14-6-10-17(24)21(28)29-18(20(26)27)12-11-15-7-2-1-3-8-15/h1-3,7-8,16-18H,4-6,9-14,22-23H2,(H,26,27)/t16?,17-,18-/m0/s1. The molecule has 1 aromatic carbocycles. The molecule has 3 atom stereocenters. The second kappa shape index (κ2) is 11.5. The molecule has 0 aliphatic carbocycles. The van der Waals surface area contributed by atoms with Crippen molar-refractivity contribution in [3.63, 3.8) is 0 Å². The molecule has 5 N–H and O–H groups in total. The molecule has 29 heavy (non-hydrogen) atoms. The number of carboxylic acid groups (broad SMARTS) is 1. The summed E-state index contributed by atoms with van der Waals surface area (Å²) in [7, 11) is 0. The summed E-state index contributed by atoms with van der Waals surface area (Å²) in [6.07, 6.45) is 2.53. The minimum atomic E-state index is -1.25. The highest BCUT2D eigenvalue weighted by Crippen LogP contribution is 2.21. The van der Waals surface area contributed by atoms with Crippen LogP contribution in [0.2, 0.25) is 0 Å². The highest BCUT2D eigenvalue weighted by atomic mass is 16.6. The van der Waals surface area contributed by atoms with Crippen molar-refractivity contribution >= 4 is 17.8 Å². The van der Waals surface area contributed by atoms with Gasteiger partial charge in [0.2, 0.25) is 5.91 Å². The predicted octanol–water partition coefficient (Wildman–Crippen LogP) is 1.06. The number of carbonyl (C=O) groups is 3. The molecule has 1 aromatic rings. The molecule has 0 saturated carbocycles. The van der Waals surface area contributed by atoms with Crippen LogP contribution in [0.3, 0.4) is 0 Å². The largest absolute Gasteiger partial charge is 0.479 e. The molecule has 1 aliphatic rings. The fourth-order valence-corrected chi connectivity index (χ4v) is 3.51. The Morgan fingerprint density at radius 2 is 1.90 bits per heavy atom. The van der Waals surface area contributed by atoms with Crippen LogP contribution in [0.4, 0.5) is 0 Å². The Hall–Kier alpha value is -2.45. The van der Waals surface area contributed by atoms with E-state index >= 15 is 0 Å². The normalized spacial score (nSPS) is 18.3. The maximum atomic E-state index is 12.6. The number of hydrogen-bond acceptors (Lipinski definition) is 6. The summed E-state index contributed by atoms with van der Waals surface area (Å²) in [5.74, 6) is -2.16. The number of amides is 1. The van der Waals surface area contributed by atoms with Gasteiger partial charge in [0.1, 0.15) is 6.04 Å². The Labute approximate surface area is 171 Å². The van der Waals surface area contributed by atoms with E-state index in [9.17, 15) is 19.5 Å². The Kier molecular flexibility index (Phi) is 9.08. The molecule has 2 rings (SSSR count). The summed E-state index contributed by atoms with van der Waals surface area (Å²) >= 11 is 0. The van der Waals surface area contributed by atoms with Gasteiger partial charge in [-0.25, -0.2) is 9.59 Å². The molecule has 1 amide bonds. The van der Waals surface area contributed by atoms with E-state index in [0.29, 0.717) is 38.8 Å². The lowest BCUT2D eigenvalue weighted by Gasteiger charge is -2.27. The fourth-order valence-electron chi connectivity index (χ4n) is 3.51. The van der Waals surface area contributed by atoms with Crippen LogP contribution in [-0.4, -0.2) is 59.1 Å². The van der Waals surface area contributed by atoms with E-state index in [0.717, 1.165) is 18.4 Å². The Bertz CT molecular complexity index is 682. The number of unbranched alkanes of at least 4 members (excludes halogenated alkanes) is 1. The minimum Gasteiger partial charge on any atom is -0.479 e. The number of esters is 1. The molecule has 1 fully saturated rings. The van der Waals surface area contributed by atoms with Crippen molar-refractivity contribution in [2.75, 3.05) is 13.1 Å². The van der Waals surface area contributed by atoms with E-state index in [1.807, 2.05) is 30.3 Å². The van der Waals surface area contributed by atoms with Gasteiger partial charge in [0.15, 0.2) is 6.10 Å². The topological polar surface area (TPSA) is 136 Å². The van der Waals surface area contributed by atoms with Crippen LogP contribution in [-0.2, 0) is 25.5 Å². The third kappa shape index (κ3) is 6.83. The summed E-state index contributed by atoms with van der Waals surface area (Å²) in [6, 6.07) is 7.94. The van der Waals surface area contributed by atoms with Gasteiger partial charge >= 0.3 is 11.9 Å². The molecule has 0 radical (unpaired) electrons. The number of aryl methyl sites for hydroxylation is 1. The maximum absolute atomic E-state index is 12.6. The van der Waals surface area contributed by atoms with Gasteiger partial charge in [-0.05, 0) is 50.6 Å². The number of rotatable bonds is 11. The molecule has 1 unspecified atom stereocenters. The van der Waals surface area contributed by atoms with Crippen molar-refractivity contribution in [2.24, 2.45) is 11.5 Å². The maximum Gasteiger partial charge on any atom is 0.345 e. The van der Waals surface area contributed by atoms with E-state index in [2.05, 4.69) is 0 Å². The molecule has 0 spiro atoms. The number of ether oxygens (including phenoxy) is 1. The number of carboxylic acids is 1. The first-order valence-electron chi connectivity index (χ1n) is 10.2. The summed E-state index contributed by atoms with van der Waals surface area (Å²) in [5, 5.41) is 9.44. The molecular formula is C21H31N3O5. The van der Waals surface area contributed by atoms with Gasteiger partial charge in [-0.3, -0.25) is 4.79 Å². The first-order valence-corrected chi connectivity index (χ1v) is 10.2. The van der Waals surface area contributed by atoms with Crippen LogP contribution in [0.15, 0.2) is 30.3 Å². The molecule has 0 bridgehead atoms. The van der Waals surface area contributed by atoms with Crippen molar-refractivity contribution in [3.05, 3.63) is 35.9 Å². The Balaban J connectivity index is 1.93. The van der Waals surface area contributed by atoms with Crippen molar-refractivity contribution in [2.45, 2.75) is 63.1 Å². The summed E-state index contributed by atoms with van der Waals surface area (Å²) in [5.41, 5.74) is 12.4. The van der Waals surface area contributed by atoms with Crippen LogP contribution >= 0.6 is 0 Å². The fraction of sp³-hybridized carbons (Fsp3) is 0.571. The summed E-state index contributed by atoms with van der Waals surface area (Å²) in [6.45, 7) is 0.962. The second-order valence-corrected chi connectivity index (χ2v) is 7.37. The van der Waals surface area contributed by atoms with Gasteiger partial charge in [0.25, 0.3) is 0 Å². The van der Waals surface area contributed by atoms with E-state index < -0.39 is 30.1 Å². The minimum absolute atomic E-state index is 0.171. The van der Waals surface area contributed by atoms with Crippen LogP contribution in [0.25, 0.3) is 0 Å². The highest BCUT2D eigenvalue weighted by Gasteiger charge is 2.38. The molecule has 1 heterocycles. The number of nitrogens with zero attached hydrogens (tertiary/aromatic N) is 1. The van der Waals surface area contributed by atoms with Crippen molar-refractivity contribution in [1.82, 2.24) is 4.90 Å². The number of carbonyl (C=O) groups excluding carboxylic acids is 2. The lowest BCUT2D eigenvalue weighted by atomic mass is 10.1. The van der Waals surface area contributed by atoms with Crippen LogP contribution < -0.4 is 11.5 Å². The van der Waals surface area contributed by atoms with Crippen molar-refractivity contribution in [3.8, 4) is 0 Å². The highest BCUT2D eigenvalue weighted by molar-refractivity contribution is 5.89. The molecule has 1 saturated heterocycles. The number of hydrogen-bond donors (Lipinski definition) is 3. The number of nitrogens with two attached hydrogens (primary N) is 2.